The lowest BCUT2D eigenvalue weighted by molar-refractivity contribution is -0.124. The van der Waals surface area contributed by atoms with Crippen LogP contribution in [0.1, 0.15) is 55.1 Å². The summed E-state index contributed by atoms with van der Waals surface area (Å²) in [4.78, 5) is 17.8. The van der Waals surface area contributed by atoms with E-state index in [1.165, 1.54) is 5.56 Å². The van der Waals surface area contributed by atoms with Gasteiger partial charge in [0.15, 0.2) is 11.5 Å². The fourth-order valence-corrected chi connectivity index (χ4v) is 5.64. The van der Waals surface area contributed by atoms with Gasteiger partial charge in [-0.3, -0.25) is 9.69 Å². The van der Waals surface area contributed by atoms with Crippen LogP contribution in [0.25, 0.3) is 0 Å². The van der Waals surface area contributed by atoms with Crippen molar-refractivity contribution < 1.29 is 14.3 Å². The molecule has 0 bridgehead atoms. The van der Waals surface area contributed by atoms with Crippen molar-refractivity contribution in [3.8, 4) is 11.5 Å². The number of benzene rings is 2. The van der Waals surface area contributed by atoms with Crippen molar-refractivity contribution in [1.29, 1.82) is 0 Å². The number of halogens is 1. The van der Waals surface area contributed by atoms with Crippen LogP contribution in [-0.4, -0.2) is 54.6 Å². The van der Waals surface area contributed by atoms with Crippen LogP contribution >= 0.6 is 11.6 Å². The molecule has 0 aromatic heterocycles. The third kappa shape index (κ3) is 3.86. The number of hydrogen-bond acceptors (Lipinski definition) is 4. The van der Waals surface area contributed by atoms with E-state index in [1.807, 2.05) is 35.2 Å². The van der Waals surface area contributed by atoms with E-state index in [9.17, 15) is 4.79 Å². The fourth-order valence-electron chi connectivity index (χ4n) is 5.52. The van der Waals surface area contributed by atoms with E-state index in [0.717, 1.165) is 49.7 Å². The Morgan fingerprint density at radius 3 is 2.41 bits per heavy atom. The normalized spacial score (nSPS) is 22.5. The Hall–Kier alpha value is -2.24. The number of piperidine rings is 1. The van der Waals surface area contributed by atoms with Gasteiger partial charge in [0, 0.05) is 54.1 Å². The van der Waals surface area contributed by atoms with E-state index < -0.39 is 0 Å². The Balaban J connectivity index is 1.30. The number of likely N-dealkylation sites (tertiary alicyclic amines) is 2. The molecule has 0 saturated carbocycles. The quantitative estimate of drug-likeness (QED) is 0.640. The Morgan fingerprint density at radius 1 is 1.03 bits per heavy atom. The molecule has 3 aliphatic heterocycles. The summed E-state index contributed by atoms with van der Waals surface area (Å²) in [7, 11) is 0. The molecule has 3 aliphatic rings. The zero-order chi connectivity index (χ0) is 22.3. The van der Waals surface area contributed by atoms with Gasteiger partial charge in [0.2, 0.25) is 0 Å². The van der Waals surface area contributed by atoms with E-state index in [2.05, 4.69) is 30.9 Å². The van der Waals surface area contributed by atoms with E-state index in [4.69, 9.17) is 21.1 Å². The van der Waals surface area contributed by atoms with Gasteiger partial charge in [-0.05, 0) is 62.6 Å². The number of hydrogen-bond donors (Lipinski definition) is 0. The number of carbonyl (C=O) groups excluding carboxylic acids is 1. The highest BCUT2D eigenvalue weighted by atomic mass is 35.5. The number of nitrogens with zero attached hydrogens (tertiary/aromatic N) is 2. The van der Waals surface area contributed by atoms with Crippen molar-refractivity contribution >= 4 is 17.5 Å². The van der Waals surface area contributed by atoms with Crippen molar-refractivity contribution in [3.63, 3.8) is 0 Å². The van der Waals surface area contributed by atoms with Crippen molar-refractivity contribution in [2.75, 3.05) is 32.8 Å². The van der Waals surface area contributed by atoms with Crippen LogP contribution in [0, 0.1) is 5.41 Å². The Morgan fingerprint density at radius 2 is 1.72 bits per heavy atom. The topological polar surface area (TPSA) is 42.0 Å². The summed E-state index contributed by atoms with van der Waals surface area (Å²) in [5.74, 6) is 1.49. The minimum absolute atomic E-state index is 0.0820. The molecule has 0 radical (unpaired) electrons. The summed E-state index contributed by atoms with van der Waals surface area (Å²) in [5.41, 5.74) is 2.23. The van der Waals surface area contributed by atoms with E-state index in [0.29, 0.717) is 36.6 Å². The first kappa shape index (κ1) is 21.6. The van der Waals surface area contributed by atoms with Crippen LogP contribution in [0.4, 0.5) is 0 Å². The second kappa shape index (κ2) is 8.60. The lowest BCUT2D eigenvalue weighted by atomic mass is 9.62. The molecule has 3 heterocycles. The van der Waals surface area contributed by atoms with Gasteiger partial charge >= 0.3 is 0 Å². The molecule has 2 fully saturated rings. The highest BCUT2D eigenvalue weighted by Crippen LogP contribution is 2.55. The predicted octanol–water partition coefficient (Wildman–Crippen LogP) is 5.19. The van der Waals surface area contributed by atoms with Crippen molar-refractivity contribution in [2.45, 2.75) is 45.2 Å². The van der Waals surface area contributed by atoms with Gasteiger partial charge < -0.3 is 14.4 Å². The molecule has 6 heteroatoms. The van der Waals surface area contributed by atoms with Gasteiger partial charge in [0.25, 0.3) is 5.91 Å². The molecule has 170 valence electrons. The van der Waals surface area contributed by atoms with Gasteiger partial charge in [-0.2, -0.15) is 0 Å². The molecular formula is C26H31ClN2O3. The molecule has 1 amide bonds. The Labute approximate surface area is 195 Å². The van der Waals surface area contributed by atoms with Crippen LogP contribution in [0.2, 0.25) is 5.02 Å². The van der Waals surface area contributed by atoms with Crippen LogP contribution in [0.3, 0.4) is 0 Å². The minimum Gasteiger partial charge on any atom is -0.490 e. The molecule has 32 heavy (non-hydrogen) atoms. The highest BCUT2D eigenvalue weighted by Gasteiger charge is 2.54. The molecule has 0 aliphatic carbocycles. The summed E-state index contributed by atoms with van der Waals surface area (Å²) in [6.45, 7) is 8.44. The maximum atomic E-state index is 13.3. The first-order chi connectivity index (χ1) is 15.5. The van der Waals surface area contributed by atoms with Crippen LogP contribution in [0.15, 0.2) is 42.5 Å². The molecule has 0 N–H and O–H groups in total. The second-order valence-electron chi connectivity index (χ2n) is 9.59. The summed E-state index contributed by atoms with van der Waals surface area (Å²) in [6.07, 6.45) is 2.88. The lowest BCUT2D eigenvalue weighted by Crippen LogP contribution is -2.64. The van der Waals surface area contributed by atoms with Crippen LogP contribution in [0.5, 0.6) is 11.5 Å². The number of rotatable bonds is 3. The Kier molecular flexibility index (Phi) is 5.81. The molecule has 5 nitrogen and oxygen atoms in total. The number of amides is 1. The van der Waals surface area contributed by atoms with Gasteiger partial charge in [0.1, 0.15) is 0 Å². The molecule has 2 aromatic carbocycles. The van der Waals surface area contributed by atoms with E-state index >= 15 is 0 Å². The first-order valence-electron chi connectivity index (χ1n) is 11.7. The SMILES string of the molecule is CC(C)N1CC2(CCN(C(=O)c3ccc4c(c3)OCCCO4)CC2)C1c1ccc(Cl)cc1. The molecule has 2 saturated heterocycles. The van der Waals surface area contributed by atoms with Gasteiger partial charge in [-0.1, -0.05) is 23.7 Å². The van der Waals surface area contributed by atoms with Crippen molar-refractivity contribution in [2.24, 2.45) is 5.41 Å². The molecular weight excluding hydrogens is 424 g/mol. The molecule has 1 atom stereocenters. The highest BCUT2D eigenvalue weighted by molar-refractivity contribution is 6.30. The van der Waals surface area contributed by atoms with Crippen molar-refractivity contribution in [3.05, 3.63) is 58.6 Å². The molecule has 2 aromatic rings. The average molecular weight is 455 g/mol. The minimum atomic E-state index is 0.0820. The molecule has 5 rings (SSSR count). The van der Waals surface area contributed by atoms with Crippen LogP contribution < -0.4 is 9.47 Å². The summed E-state index contributed by atoms with van der Waals surface area (Å²) < 4.78 is 11.5. The standard InChI is InChI=1S/C26H31ClN2O3/c1-18(2)29-17-26(24(29)19-4-7-21(27)8-5-19)10-12-28(13-11-26)25(30)20-6-9-22-23(16-20)32-15-3-14-31-22/h4-9,16,18,24H,3,10-15,17H2,1-2H3. The first-order valence-corrected chi connectivity index (χ1v) is 12.0. The third-order valence-electron chi connectivity index (χ3n) is 7.30. The zero-order valence-corrected chi connectivity index (χ0v) is 19.6. The lowest BCUT2D eigenvalue weighted by Gasteiger charge is -2.62. The zero-order valence-electron chi connectivity index (χ0n) is 18.9. The average Bonchev–Trinajstić information content (AvgIpc) is 3.03. The third-order valence-corrected chi connectivity index (χ3v) is 7.55. The molecule has 1 spiro atoms. The predicted molar refractivity (Wildman–Crippen MR) is 126 cm³/mol. The smallest absolute Gasteiger partial charge is 0.253 e. The monoisotopic (exact) mass is 454 g/mol. The number of fused-ring (bicyclic) bond motifs is 1. The maximum absolute atomic E-state index is 13.3. The summed E-state index contributed by atoms with van der Waals surface area (Å²) in [6, 6.07) is 14.8. The van der Waals surface area contributed by atoms with Gasteiger partial charge in [-0.15, -0.1) is 0 Å². The number of ether oxygens (including phenoxy) is 2. The van der Waals surface area contributed by atoms with E-state index in [1.54, 1.807) is 0 Å². The summed E-state index contributed by atoms with van der Waals surface area (Å²) in [5, 5.41) is 0.772. The summed E-state index contributed by atoms with van der Waals surface area (Å²) >= 11 is 6.14. The van der Waals surface area contributed by atoms with Gasteiger partial charge in [0.05, 0.1) is 13.2 Å². The fraction of sp³-hybridized carbons (Fsp3) is 0.500. The van der Waals surface area contributed by atoms with E-state index in [-0.39, 0.29) is 11.3 Å². The second-order valence-corrected chi connectivity index (χ2v) is 10.0. The van der Waals surface area contributed by atoms with Crippen molar-refractivity contribution in [1.82, 2.24) is 9.80 Å². The Bertz CT molecular complexity index is 983. The largest absolute Gasteiger partial charge is 0.490 e. The maximum Gasteiger partial charge on any atom is 0.253 e. The molecule has 1 unspecified atom stereocenters. The number of carbonyl (C=O) groups is 1. The van der Waals surface area contributed by atoms with Gasteiger partial charge in [-0.25, -0.2) is 0 Å². The van der Waals surface area contributed by atoms with Crippen LogP contribution in [-0.2, 0) is 0 Å².